The van der Waals surface area contributed by atoms with Crippen LogP contribution in [0.5, 0.6) is 0 Å². The highest BCUT2D eigenvalue weighted by Gasteiger charge is 2.40. The van der Waals surface area contributed by atoms with Crippen LogP contribution in [0.15, 0.2) is 66.7 Å². The van der Waals surface area contributed by atoms with E-state index in [0.717, 1.165) is 22.8 Å². The van der Waals surface area contributed by atoms with E-state index < -0.39 is 17.6 Å². The molecule has 0 N–H and O–H groups in total. The van der Waals surface area contributed by atoms with Crippen LogP contribution in [0.2, 0.25) is 0 Å². The number of carbonyl (C=O) groups excluding carboxylic acids is 1. The maximum absolute atomic E-state index is 12.9. The molecule has 1 fully saturated rings. The zero-order valence-corrected chi connectivity index (χ0v) is 14.3. The quantitative estimate of drug-likeness (QED) is 0.744. The third-order valence-electron chi connectivity index (χ3n) is 4.73. The van der Waals surface area contributed by atoms with Gasteiger partial charge in [-0.05, 0) is 23.8 Å². The van der Waals surface area contributed by atoms with Gasteiger partial charge in [0.15, 0.2) is 0 Å². The number of hydroxylamine groups is 2. The molecular formula is C20H17F3N2O2. The van der Waals surface area contributed by atoms with Crippen LogP contribution in [0.25, 0.3) is 0 Å². The Morgan fingerprint density at radius 3 is 2.56 bits per heavy atom. The summed E-state index contributed by atoms with van der Waals surface area (Å²) in [7, 11) is 0. The van der Waals surface area contributed by atoms with Crippen LogP contribution < -0.4 is 0 Å². The Bertz CT molecular complexity index is 867. The average Bonchev–Trinajstić information content (AvgIpc) is 2.66. The van der Waals surface area contributed by atoms with E-state index in [2.05, 4.69) is 4.90 Å². The summed E-state index contributed by atoms with van der Waals surface area (Å²) in [6, 6.07) is 14.2. The van der Waals surface area contributed by atoms with Gasteiger partial charge in [-0.3, -0.25) is 14.5 Å². The summed E-state index contributed by atoms with van der Waals surface area (Å²) in [6.07, 6.45) is -1.03. The van der Waals surface area contributed by atoms with Crippen LogP contribution in [0, 0.1) is 0 Å². The highest BCUT2D eigenvalue weighted by molar-refractivity contribution is 5.93. The molecule has 2 bridgehead atoms. The van der Waals surface area contributed by atoms with E-state index in [1.165, 1.54) is 12.1 Å². The van der Waals surface area contributed by atoms with Crippen LogP contribution in [-0.2, 0) is 11.0 Å². The molecular weight excluding hydrogens is 357 g/mol. The van der Waals surface area contributed by atoms with Crippen molar-refractivity contribution in [1.29, 1.82) is 0 Å². The van der Waals surface area contributed by atoms with Gasteiger partial charge in [0.1, 0.15) is 12.8 Å². The SMILES string of the molecule is O=C(c1cccc(C(F)(F)F)c1)N1CN2CC=CC(O1)C2c1ccccc1. The minimum Gasteiger partial charge on any atom is -0.270 e. The number of benzene rings is 2. The fraction of sp³-hybridized carbons (Fsp3) is 0.250. The average molecular weight is 374 g/mol. The number of carbonyl (C=O) groups is 1. The molecule has 0 spiro atoms. The first-order valence-electron chi connectivity index (χ1n) is 8.55. The molecule has 7 heteroatoms. The van der Waals surface area contributed by atoms with E-state index >= 15 is 0 Å². The molecule has 1 amide bonds. The van der Waals surface area contributed by atoms with E-state index in [1.54, 1.807) is 0 Å². The van der Waals surface area contributed by atoms with Crippen molar-refractivity contribution in [3.8, 4) is 0 Å². The Kier molecular flexibility index (Phi) is 4.49. The number of rotatable bonds is 2. The first-order chi connectivity index (χ1) is 12.9. The molecule has 2 aromatic rings. The van der Waals surface area contributed by atoms with Gasteiger partial charge >= 0.3 is 6.18 Å². The third kappa shape index (κ3) is 3.48. The maximum Gasteiger partial charge on any atom is 0.416 e. The smallest absolute Gasteiger partial charge is 0.270 e. The first kappa shape index (κ1) is 17.8. The second-order valence-electron chi connectivity index (χ2n) is 6.53. The zero-order valence-electron chi connectivity index (χ0n) is 14.3. The van der Waals surface area contributed by atoms with E-state index in [4.69, 9.17) is 4.84 Å². The predicted octanol–water partition coefficient (Wildman–Crippen LogP) is 4.03. The minimum absolute atomic E-state index is 0.0400. The molecule has 3 atom stereocenters. The van der Waals surface area contributed by atoms with Crippen molar-refractivity contribution < 1.29 is 22.8 Å². The van der Waals surface area contributed by atoms with E-state index in [1.807, 2.05) is 42.5 Å². The summed E-state index contributed by atoms with van der Waals surface area (Å²) in [5, 5.41) is 1.14. The number of fused-ring (bicyclic) bond motifs is 2. The lowest BCUT2D eigenvalue weighted by atomic mass is 9.96. The van der Waals surface area contributed by atoms with Crippen LogP contribution in [0.1, 0.15) is 27.5 Å². The summed E-state index contributed by atoms with van der Waals surface area (Å²) >= 11 is 0. The van der Waals surface area contributed by atoms with Crippen LogP contribution in [0.3, 0.4) is 0 Å². The number of hydrogen-bond acceptors (Lipinski definition) is 3. The first-order valence-corrected chi connectivity index (χ1v) is 8.55. The summed E-state index contributed by atoms with van der Waals surface area (Å²) in [4.78, 5) is 20.6. The van der Waals surface area contributed by atoms with Crippen molar-refractivity contribution in [1.82, 2.24) is 9.96 Å². The van der Waals surface area contributed by atoms with Crippen molar-refractivity contribution >= 4 is 5.91 Å². The van der Waals surface area contributed by atoms with Crippen molar-refractivity contribution in [2.24, 2.45) is 0 Å². The molecule has 2 heterocycles. The Balaban J connectivity index is 1.57. The molecule has 0 aliphatic carbocycles. The van der Waals surface area contributed by atoms with Gasteiger partial charge in [0.2, 0.25) is 0 Å². The number of nitrogens with zero attached hydrogens (tertiary/aromatic N) is 2. The van der Waals surface area contributed by atoms with Gasteiger partial charge in [-0.25, -0.2) is 5.06 Å². The molecule has 2 aromatic carbocycles. The Morgan fingerprint density at radius 1 is 1.07 bits per heavy atom. The van der Waals surface area contributed by atoms with Gasteiger partial charge in [-0.15, -0.1) is 0 Å². The lowest BCUT2D eigenvalue weighted by Crippen LogP contribution is -2.55. The summed E-state index contributed by atoms with van der Waals surface area (Å²) < 4.78 is 38.8. The summed E-state index contributed by atoms with van der Waals surface area (Å²) in [6.45, 7) is 0.807. The van der Waals surface area contributed by atoms with Crippen molar-refractivity contribution in [3.05, 3.63) is 83.4 Å². The number of amides is 1. The van der Waals surface area contributed by atoms with Gasteiger partial charge in [-0.2, -0.15) is 13.2 Å². The van der Waals surface area contributed by atoms with E-state index in [9.17, 15) is 18.0 Å². The predicted molar refractivity (Wildman–Crippen MR) is 92.4 cm³/mol. The maximum atomic E-state index is 12.9. The van der Waals surface area contributed by atoms with Crippen molar-refractivity contribution in [3.63, 3.8) is 0 Å². The van der Waals surface area contributed by atoms with Crippen LogP contribution in [-0.4, -0.2) is 35.2 Å². The number of alkyl halides is 3. The highest BCUT2D eigenvalue weighted by Crippen LogP contribution is 2.35. The molecule has 27 heavy (non-hydrogen) atoms. The number of halogens is 3. The topological polar surface area (TPSA) is 32.8 Å². The van der Waals surface area contributed by atoms with Gasteiger partial charge < -0.3 is 0 Å². The second kappa shape index (κ2) is 6.83. The standard InChI is InChI=1S/C20H17F3N2O2/c21-20(22,23)16-9-4-8-15(12-16)19(26)25-13-24-11-5-10-17(27-25)18(24)14-6-2-1-3-7-14/h1-10,12,17-18H,11,13H2. The summed E-state index contributed by atoms with van der Waals surface area (Å²) in [5.74, 6) is -0.585. The Morgan fingerprint density at radius 2 is 1.85 bits per heavy atom. The van der Waals surface area contributed by atoms with Crippen LogP contribution >= 0.6 is 0 Å². The molecule has 0 saturated carbocycles. The Labute approximate surface area is 154 Å². The largest absolute Gasteiger partial charge is 0.416 e. The normalized spacial score (nSPS) is 24.7. The van der Waals surface area contributed by atoms with Gasteiger partial charge in [0.25, 0.3) is 5.91 Å². The van der Waals surface area contributed by atoms with Crippen LogP contribution in [0.4, 0.5) is 13.2 Å². The van der Waals surface area contributed by atoms with E-state index in [0.29, 0.717) is 6.54 Å². The van der Waals surface area contributed by atoms with Crippen molar-refractivity contribution in [2.45, 2.75) is 18.3 Å². The fourth-order valence-corrected chi connectivity index (χ4v) is 3.48. The monoisotopic (exact) mass is 374 g/mol. The second-order valence-corrected chi connectivity index (χ2v) is 6.53. The minimum atomic E-state index is -4.50. The molecule has 1 saturated heterocycles. The van der Waals surface area contributed by atoms with E-state index in [-0.39, 0.29) is 24.4 Å². The lowest BCUT2D eigenvalue weighted by molar-refractivity contribution is -0.232. The third-order valence-corrected chi connectivity index (χ3v) is 4.73. The molecule has 3 unspecified atom stereocenters. The van der Waals surface area contributed by atoms with Gasteiger partial charge in [-0.1, -0.05) is 48.6 Å². The number of hydrogen-bond donors (Lipinski definition) is 0. The van der Waals surface area contributed by atoms with Gasteiger partial charge in [0, 0.05) is 12.1 Å². The molecule has 140 valence electrons. The van der Waals surface area contributed by atoms with Gasteiger partial charge in [0.05, 0.1) is 11.6 Å². The summed E-state index contributed by atoms with van der Waals surface area (Å²) in [5.41, 5.74) is 0.164. The van der Waals surface area contributed by atoms with Crippen molar-refractivity contribution in [2.75, 3.05) is 13.2 Å². The molecule has 4 rings (SSSR count). The fourth-order valence-electron chi connectivity index (χ4n) is 3.48. The zero-order chi connectivity index (χ0) is 19.0. The molecule has 2 aliphatic rings. The molecule has 2 aliphatic heterocycles. The molecule has 0 radical (unpaired) electrons. The lowest BCUT2D eigenvalue weighted by Gasteiger charge is -2.46. The Hall–Kier alpha value is -2.64. The molecule has 0 aromatic heterocycles. The molecule has 4 nitrogen and oxygen atoms in total. The highest BCUT2D eigenvalue weighted by atomic mass is 19.4.